The molecule has 1 aromatic carbocycles. The normalized spacial score (nSPS) is 17.7. The van der Waals surface area contributed by atoms with E-state index in [-0.39, 0.29) is 5.91 Å². The van der Waals surface area contributed by atoms with Gasteiger partial charge in [0.25, 0.3) is 0 Å². The number of hydrogen-bond acceptors (Lipinski definition) is 3. The molecule has 1 saturated heterocycles. The van der Waals surface area contributed by atoms with E-state index < -0.39 is 0 Å². The van der Waals surface area contributed by atoms with E-state index in [4.69, 9.17) is 0 Å². The summed E-state index contributed by atoms with van der Waals surface area (Å²) >= 11 is 0. The second-order valence-corrected chi connectivity index (χ2v) is 6.39. The van der Waals surface area contributed by atoms with E-state index in [0.717, 1.165) is 49.3 Å². The van der Waals surface area contributed by atoms with Gasteiger partial charge in [0.2, 0.25) is 5.91 Å². The average Bonchev–Trinajstić information content (AvgIpc) is 3.20. The van der Waals surface area contributed by atoms with Crippen molar-refractivity contribution in [3.8, 4) is 0 Å². The lowest BCUT2D eigenvalue weighted by Crippen LogP contribution is -2.42. The van der Waals surface area contributed by atoms with E-state index in [1.807, 2.05) is 12.1 Å². The zero-order chi connectivity index (χ0) is 16.2. The van der Waals surface area contributed by atoms with Gasteiger partial charge in [-0.2, -0.15) is 0 Å². The number of hydrogen-bond donors (Lipinski definition) is 2. The average molecular weight is 314 g/mol. The van der Waals surface area contributed by atoms with Gasteiger partial charge in [-0.1, -0.05) is 19.1 Å². The molecule has 3 rings (SSSR count). The third-order valence-electron chi connectivity index (χ3n) is 4.60. The van der Waals surface area contributed by atoms with Crippen LogP contribution in [0.15, 0.2) is 18.2 Å². The molecule has 1 unspecified atom stereocenters. The highest BCUT2D eigenvalue weighted by Gasteiger charge is 2.25. The fourth-order valence-electron chi connectivity index (χ4n) is 3.37. The molecule has 2 heterocycles. The van der Waals surface area contributed by atoms with Gasteiger partial charge in [0.05, 0.1) is 11.0 Å². The number of amides is 1. The smallest absolute Gasteiger partial charge is 0.223 e. The molecule has 5 nitrogen and oxygen atoms in total. The summed E-state index contributed by atoms with van der Waals surface area (Å²) in [6.45, 7) is 6.99. The highest BCUT2D eigenvalue weighted by molar-refractivity contribution is 5.79. The molecule has 124 valence electrons. The Morgan fingerprint density at radius 3 is 3.00 bits per heavy atom. The Bertz CT molecular complexity index is 673. The van der Waals surface area contributed by atoms with E-state index in [1.165, 1.54) is 5.56 Å². The SMILES string of the molecule is CCCN(C(=O)CCc1nc2c(C)cccc2[nH]1)C1CCNC1. The first kappa shape index (κ1) is 16.0. The van der Waals surface area contributed by atoms with Crippen LogP contribution in [0.5, 0.6) is 0 Å². The molecule has 1 atom stereocenters. The summed E-state index contributed by atoms with van der Waals surface area (Å²) < 4.78 is 0. The number of aromatic nitrogens is 2. The standard InChI is InChI=1S/C18H26N4O/c1-3-11-22(14-9-10-19-12-14)17(23)8-7-16-20-15-6-4-5-13(2)18(15)21-16/h4-6,14,19H,3,7-12H2,1-2H3,(H,20,21). The summed E-state index contributed by atoms with van der Waals surface area (Å²) in [6, 6.07) is 6.49. The van der Waals surface area contributed by atoms with Gasteiger partial charge in [-0.15, -0.1) is 0 Å². The first-order chi connectivity index (χ1) is 11.2. The Balaban J connectivity index is 1.65. The lowest BCUT2D eigenvalue weighted by Gasteiger charge is -2.28. The monoisotopic (exact) mass is 314 g/mol. The van der Waals surface area contributed by atoms with Crippen molar-refractivity contribution in [2.24, 2.45) is 0 Å². The zero-order valence-corrected chi connectivity index (χ0v) is 14.1. The molecule has 0 bridgehead atoms. The number of carbonyl (C=O) groups excluding carboxylic acids is 1. The molecular formula is C18H26N4O. The Morgan fingerprint density at radius 1 is 1.43 bits per heavy atom. The number of imidazole rings is 1. The van der Waals surface area contributed by atoms with Crippen LogP contribution >= 0.6 is 0 Å². The maximum absolute atomic E-state index is 12.6. The van der Waals surface area contributed by atoms with Crippen LogP contribution in [0.4, 0.5) is 0 Å². The summed E-state index contributed by atoms with van der Waals surface area (Å²) in [7, 11) is 0. The topological polar surface area (TPSA) is 61.0 Å². The minimum Gasteiger partial charge on any atom is -0.342 e. The van der Waals surface area contributed by atoms with Crippen LogP contribution in [0.25, 0.3) is 11.0 Å². The first-order valence-corrected chi connectivity index (χ1v) is 8.63. The molecule has 1 amide bonds. The van der Waals surface area contributed by atoms with E-state index in [1.54, 1.807) is 0 Å². The molecule has 0 spiro atoms. The number of para-hydroxylation sites is 1. The van der Waals surface area contributed by atoms with Gasteiger partial charge in [0.1, 0.15) is 5.82 Å². The maximum Gasteiger partial charge on any atom is 0.223 e. The van der Waals surface area contributed by atoms with Crippen molar-refractivity contribution in [1.29, 1.82) is 0 Å². The molecule has 23 heavy (non-hydrogen) atoms. The van der Waals surface area contributed by atoms with Crippen LogP contribution in [0.2, 0.25) is 0 Å². The fourth-order valence-corrected chi connectivity index (χ4v) is 3.37. The van der Waals surface area contributed by atoms with Crippen molar-refractivity contribution in [2.75, 3.05) is 19.6 Å². The number of fused-ring (bicyclic) bond motifs is 1. The Hall–Kier alpha value is -1.88. The van der Waals surface area contributed by atoms with Gasteiger partial charge in [0.15, 0.2) is 0 Å². The second kappa shape index (κ2) is 7.13. The molecule has 2 N–H and O–H groups in total. The van der Waals surface area contributed by atoms with E-state index in [0.29, 0.717) is 18.9 Å². The number of carbonyl (C=O) groups is 1. The Morgan fingerprint density at radius 2 is 2.30 bits per heavy atom. The minimum atomic E-state index is 0.248. The number of benzene rings is 1. The highest BCUT2D eigenvalue weighted by atomic mass is 16.2. The van der Waals surface area contributed by atoms with E-state index in [2.05, 4.69) is 40.1 Å². The highest BCUT2D eigenvalue weighted by Crippen LogP contribution is 2.17. The predicted molar refractivity (Wildman–Crippen MR) is 92.4 cm³/mol. The molecule has 1 fully saturated rings. The van der Waals surface area contributed by atoms with Crippen LogP contribution in [0.3, 0.4) is 0 Å². The molecule has 0 aliphatic carbocycles. The van der Waals surface area contributed by atoms with Gasteiger partial charge in [-0.05, 0) is 37.9 Å². The van der Waals surface area contributed by atoms with Crippen molar-refractivity contribution in [3.63, 3.8) is 0 Å². The van der Waals surface area contributed by atoms with Gasteiger partial charge in [0, 0.05) is 32.0 Å². The van der Waals surface area contributed by atoms with Crippen molar-refractivity contribution < 1.29 is 4.79 Å². The van der Waals surface area contributed by atoms with E-state index >= 15 is 0 Å². The summed E-state index contributed by atoms with van der Waals surface area (Å²) in [6.07, 6.45) is 3.27. The number of H-pyrrole nitrogens is 1. The van der Waals surface area contributed by atoms with Crippen LogP contribution in [-0.4, -0.2) is 46.5 Å². The second-order valence-electron chi connectivity index (χ2n) is 6.39. The summed E-state index contributed by atoms with van der Waals surface area (Å²) in [4.78, 5) is 22.7. The van der Waals surface area contributed by atoms with Crippen LogP contribution in [-0.2, 0) is 11.2 Å². The predicted octanol–water partition coefficient (Wildman–Crippen LogP) is 2.40. The molecule has 1 aliphatic rings. The lowest BCUT2D eigenvalue weighted by molar-refractivity contribution is -0.133. The molecule has 0 radical (unpaired) electrons. The summed E-state index contributed by atoms with van der Waals surface area (Å²) in [5, 5.41) is 3.35. The number of nitrogens with zero attached hydrogens (tertiary/aromatic N) is 2. The van der Waals surface area contributed by atoms with E-state index in [9.17, 15) is 4.79 Å². The van der Waals surface area contributed by atoms with Gasteiger partial charge in [-0.3, -0.25) is 4.79 Å². The largest absolute Gasteiger partial charge is 0.342 e. The first-order valence-electron chi connectivity index (χ1n) is 8.63. The van der Waals surface area contributed by atoms with Gasteiger partial charge >= 0.3 is 0 Å². The zero-order valence-electron chi connectivity index (χ0n) is 14.1. The summed E-state index contributed by atoms with van der Waals surface area (Å²) in [5.74, 6) is 1.15. The third-order valence-corrected chi connectivity index (χ3v) is 4.60. The number of aromatic amines is 1. The van der Waals surface area contributed by atoms with Crippen molar-refractivity contribution >= 4 is 16.9 Å². The van der Waals surface area contributed by atoms with Crippen LogP contribution in [0.1, 0.15) is 37.6 Å². The van der Waals surface area contributed by atoms with Crippen molar-refractivity contribution in [3.05, 3.63) is 29.6 Å². The molecular weight excluding hydrogens is 288 g/mol. The maximum atomic E-state index is 12.6. The summed E-state index contributed by atoms with van der Waals surface area (Å²) in [5.41, 5.74) is 3.24. The van der Waals surface area contributed by atoms with Crippen molar-refractivity contribution in [1.82, 2.24) is 20.2 Å². The van der Waals surface area contributed by atoms with Crippen molar-refractivity contribution in [2.45, 2.75) is 45.6 Å². The fraction of sp³-hybridized carbons (Fsp3) is 0.556. The minimum absolute atomic E-state index is 0.248. The van der Waals surface area contributed by atoms with Gasteiger partial charge in [-0.25, -0.2) is 4.98 Å². The lowest BCUT2D eigenvalue weighted by atomic mass is 10.1. The molecule has 1 aromatic heterocycles. The molecule has 0 saturated carbocycles. The molecule has 5 heteroatoms. The molecule has 1 aliphatic heterocycles. The van der Waals surface area contributed by atoms with Crippen LogP contribution < -0.4 is 5.32 Å². The number of nitrogens with one attached hydrogen (secondary N) is 2. The number of aryl methyl sites for hydroxylation is 2. The Kier molecular flexibility index (Phi) is 4.96. The molecule has 2 aromatic rings. The quantitative estimate of drug-likeness (QED) is 0.861. The third kappa shape index (κ3) is 3.55. The number of rotatable bonds is 6. The Labute approximate surface area is 137 Å². The van der Waals surface area contributed by atoms with Gasteiger partial charge < -0.3 is 15.2 Å². The van der Waals surface area contributed by atoms with Crippen LogP contribution in [0, 0.1) is 6.92 Å².